The Morgan fingerprint density at radius 3 is 2.90 bits per heavy atom. The number of pyridine rings is 1. The van der Waals surface area contributed by atoms with E-state index in [2.05, 4.69) is 15.0 Å². The van der Waals surface area contributed by atoms with Gasteiger partial charge in [0, 0.05) is 35.8 Å². The monoisotopic (exact) mass is 327 g/mol. The molecule has 0 bridgehead atoms. The van der Waals surface area contributed by atoms with E-state index in [-0.39, 0.29) is 18.4 Å². The Kier molecular flexibility index (Phi) is 5.16. The van der Waals surface area contributed by atoms with Crippen LogP contribution in [-0.4, -0.2) is 32.5 Å². The fourth-order valence-electron chi connectivity index (χ4n) is 2.56. The number of hydrogen-bond acceptors (Lipinski definition) is 4. The van der Waals surface area contributed by atoms with Gasteiger partial charge in [0.05, 0.1) is 4.90 Å². The van der Waals surface area contributed by atoms with Gasteiger partial charge in [0.1, 0.15) is 0 Å². The molecule has 1 unspecified atom stereocenters. The first-order valence-electron chi connectivity index (χ1n) is 6.72. The van der Waals surface area contributed by atoms with Crippen LogP contribution in [0.4, 0.5) is 0 Å². The highest BCUT2D eigenvalue weighted by Gasteiger charge is 2.23. The lowest BCUT2D eigenvalue weighted by Crippen LogP contribution is -2.45. The van der Waals surface area contributed by atoms with Crippen LogP contribution in [-0.2, 0) is 10.0 Å². The van der Waals surface area contributed by atoms with Crippen molar-refractivity contribution in [3.05, 3.63) is 36.7 Å². The standard InChI is InChI=1S/C14H17N3O2S.ClH/c18-20(19,17-12-4-2-7-15-10-12)14-5-1-3-11-9-16-8-6-13(11)14;/h1,3,5-6,8-9,12,15,17H,2,4,7,10H2;1H. The maximum absolute atomic E-state index is 12.6. The van der Waals surface area contributed by atoms with Crippen molar-refractivity contribution in [2.75, 3.05) is 13.1 Å². The summed E-state index contributed by atoms with van der Waals surface area (Å²) in [6.07, 6.45) is 5.16. The number of piperidine rings is 1. The quantitative estimate of drug-likeness (QED) is 0.900. The highest BCUT2D eigenvalue weighted by Crippen LogP contribution is 2.22. The Morgan fingerprint density at radius 2 is 2.14 bits per heavy atom. The van der Waals surface area contributed by atoms with Crippen molar-refractivity contribution in [3.63, 3.8) is 0 Å². The summed E-state index contributed by atoms with van der Waals surface area (Å²) in [5, 5.41) is 4.75. The largest absolute Gasteiger partial charge is 0.315 e. The molecule has 0 saturated carbocycles. The fourth-order valence-corrected chi connectivity index (χ4v) is 4.06. The van der Waals surface area contributed by atoms with Crippen LogP contribution in [0.25, 0.3) is 10.8 Å². The number of aromatic nitrogens is 1. The van der Waals surface area contributed by atoms with Crippen LogP contribution in [0.2, 0.25) is 0 Å². The minimum absolute atomic E-state index is 0. The number of sulfonamides is 1. The van der Waals surface area contributed by atoms with Crippen LogP contribution < -0.4 is 10.0 Å². The van der Waals surface area contributed by atoms with E-state index in [1.807, 2.05) is 6.07 Å². The summed E-state index contributed by atoms with van der Waals surface area (Å²) in [6, 6.07) is 6.95. The minimum Gasteiger partial charge on any atom is -0.315 e. The molecule has 1 aliphatic heterocycles. The van der Waals surface area contributed by atoms with Gasteiger partial charge in [0.25, 0.3) is 0 Å². The molecule has 7 heteroatoms. The average Bonchev–Trinajstić information content (AvgIpc) is 2.47. The molecule has 0 aliphatic carbocycles. The molecular formula is C14H18ClN3O2S. The second kappa shape index (κ2) is 6.70. The van der Waals surface area contributed by atoms with Gasteiger partial charge in [0.15, 0.2) is 0 Å². The Hall–Kier alpha value is -1.21. The van der Waals surface area contributed by atoms with Gasteiger partial charge >= 0.3 is 0 Å². The molecule has 2 N–H and O–H groups in total. The molecule has 1 atom stereocenters. The van der Waals surface area contributed by atoms with Crippen LogP contribution in [0.3, 0.4) is 0 Å². The van der Waals surface area contributed by atoms with Crippen molar-refractivity contribution < 1.29 is 8.42 Å². The molecule has 1 fully saturated rings. The van der Waals surface area contributed by atoms with E-state index in [4.69, 9.17) is 0 Å². The summed E-state index contributed by atoms with van der Waals surface area (Å²) in [4.78, 5) is 4.35. The Balaban J connectivity index is 0.00000161. The third-order valence-corrected chi connectivity index (χ3v) is 5.13. The molecule has 1 aromatic heterocycles. The summed E-state index contributed by atoms with van der Waals surface area (Å²) in [5.41, 5.74) is 0. The van der Waals surface area contributed by atoms with Crippen molar-refractivity contribution in [1.82, 2.24) is 15.0 Å². The molecule has 3 rings (SSSR count). The first kappa shape index (κ1) is 16.2. The predicted molar refractivity (Wildman–Crippen MR) is 85.2 cm³/mol. The molecule has 0 amide bonds. The summed E-state index contributed by atoms with van der Waals surface area (Å²) >= 11 is 0. The smallest absolute Gasteiger partial charge is 0.241 e. The first-order valence-corrected chi connectivity index (χ1v) is 8.21. The van der Waals surface area contributed by atoms with E-state index >= 15 is 0 Å². The van der Waals surface area contributed by atoms with E-state index in [1.165, 1.54) is 0 Å². The van der Waals surface area contributed by atoms with Crippen molar-refractivity contribution in [2.45, 2.75) is 23.8 Å². The molecular weight excluding hydrogens is 310 g/mol. The third-order valence-electron chi connectivity index (χ3n) is 3.55. The zero-order valence-corrected chi connectivity index (χ0v) is 13.1. The summed E-state index contributed by atoms with van der Waals surface area (Å²) in [6.45, 7) is 1.64. The molecule has 2 heterocycles. The summed E-state index contributed by atoms with van der Waals surface area (Å²) < 4.78 is 27.9. The van der Waals surface area contributed by atoms with Gasteiger partial charge in [-0.1, -0.05) is 12.1 Å². The van der Waals surface area contributed by atoms with Gasteiger partial charge in [0.2, 0.25) is 10.0 Å². The third kappa shape index (κ3) is 3.52. The number of nitrogens with one attached hydrogen (secondary N) is 2. The fraction of sp³-hybridized carbons (Fsp3) is 0.357. The number of rotatable bonds is 3. The lowest BCUT2D eigenvalue weighted by Gasteiger charge is -2.23. The van der Waals surface area contributed by atoms with E-state index in [9.17, 15) is 8.42 Å². The Bertz CT molecular complexity index is 710. The summed E-state index contributed by atoms with van der Waals surface area (Å²) in [7, 11) is -3.50. The number of fused-ring (bicyclic) bond motifs is 1. The van der Waals surface area contributed by atoms with Gasteiger partial charge in [-0.05, 0) is 31.5 Å². The molecule has 2 aromatic rings. The van der Waals surface area contributed by atoms with Gasteiger partial charge in [-0.2, -0.15) is 0 Å². The molecule has 5 nitrogen and oxygen atoms in total. The normalized spacial score (nSPS) is 19.1. The molecule has 0 spiro atoms. The van der Waals surface area contributed by atoms with Crippen LogP contribution >= 0.6 is 12.4 Å². The number of benzene rings is 1. The van der Waals surface area contributed by atoms with Gasteiger partial charge in [-0.25, -0.2) is 13.1 Å². The highest BCUT2D eigenvalue weighted by molar-refractivity contribution is 7.89. The summed E-state index contributed by atoms with van der Waals surface area (Å²) in [5.74, 6) is 0. The maximum atomic E-state index is 12.6. The van der Waals surface area contributed by atoms with Crippen LogP contribution in [0.15, 0.2) is 41.6 Å². The second-order valence-corrected chi connectivity index (χ2v) is 6.70. The number of halogens is 1. The highest BCUT2D eigenvalue weighted by atomic mass is 35.5. The first-order chi connectivity index (χ1) is 9.67. The Labute approximate surface area is 130 Å². The van der Waals surface area contributed by atoms with Crippen molar-refractivity contribution in [2.24, 2.45) is 0 Å². The molecule has 1 saturated heterocycles. The van der Waals surface area contributed by atoms with Gasteiger partial charge in [-0.15, -0.1) is 12.4 Å². The zero-order valence-electron chi connectivity index (χ0n) is 11.5. The van der Waals surface area contributed by atoms with Crippen LogP contribution in [0, 0.1) is 0 Å². The lowest BCUT2D eigenvalue weighted by atomic mass is 10.1. The molecule has 1 aromatic carbocycles. The maximum Gasteiger partial charge on any atom is 0.241 e. The van der Waals surface area contributed by atoms with E-state index in [1.54, 1.807) is 30.6 Å². The van der Waals surface area contributed by atoms with E-state index in [0.717, 1.165) is 24.8 Å². The van der Waals surface area contributed by atoms with Crippen LogP contribution in [0.5, 0.6) is 0 Å². The Morgan fingerprint density at radius 1 is 1.29 bits per heavy atom. The van der Waals surface area contributed by atoms with E-state index in [0.29, 0.717) is 16.8 Å². The van der Waals surface area contributed by atoms with Crippen molar-refractivity contribution in [1.29, 1.82) is 0 Å². The van der Waals surface area contributed by atoms with Crippen LogP contribution in [0.1, 0.15) is 12.8 Å². The number of nitrogens with zero attached hydrogens (tertiary/aromatic N) is 1. The molecule has 114 valence electrons. The van der Waals surface area contributed by atoms with E-state index < -0.39 is 10.0 Å². The molecule has 0 radical (unpaired) electrons. The second-order valence-electron chi connectivity index (χ2n) is 5.02. The van der Waals surface area contributed by atoms with Crippen molar-refractivity contribution in [3.8, 4) is 0 Å². The van der Waals surface area contributed by atoms with Gasteiger partial charge in [-0.3, -0.25) is 4.98 Å². The van der Waals surface area contributed by atoms with Gasteiger partial charge < -0.3 is 5.32 Å². The predicted octanol–water partition coefficient (Wildman–Crippen LogP) is 1.69. The van der Waals surface area contributed by atoms with Crippen molar-refractivity contribution >= 4 is 33.2 Å². The molecule has 21 heavy (non-hydrogen) atoms. The topological polar surface area (TPSA) is 71.1 Å². The molecule has 1 aliphatic rings. The lowest BCUT2D eigenvalue weighted by molar-refractivity contribution is 0.429. The SMILES string of the molecule is Cl.O=S(=O)(NC1CCCNC1)c1cccc2cnccc12. The zero-order chi connectivity index (χ0) is 14.0. The average molecular weight is 328 g/mol. The number of hydrogen-bond donors (Lipinski definition) is 2. The minimum atomic E-state index is -3.50.